The number of hydrogen-bond donors (Lipinski definition) is 3. The second kappa shape index (κ2) is 20.5. The number of aliphatic hydroxyl groups is 1. The monoisotopic (exact) mass is 899 g/mol. The van der Waals surface area contributed by atoms with Crippen molar-refractivity contribution >= 4 is 29.1 Å². The molecule has 348 valence electrons. The zero-order valence-electron chi connectivity index (χ0n) is 38.1. The lowest BCUT2D eigenvalue weighted by Crippen LogP contribution is -2.52. The first-order chi connectivity index (χ1) is 32.1. The molecule has 9 rings (SSSR count). The zero-order chi connectivity index (χ0) is 45.7. The number of anilines is 1. The van der Waals surface area contributed by atoms with Gasteiger partial charge in [-0.15, -0.1) is 0 Å². The maximum Gasteiger partial charge on any atom is 0.255 e. The Labute approximate surface area is 387 Å². The number of piperidine rings is 2. The van der Waals surface area contributed by atoms with Gasteiger partial charge in [0.1, 0.15) is 17.7 Å². The smallest absolute Gasteiger partial charge is 0.255 e. The van der Waals surface area contributed by atoms with Gasteiger partial charge in [0.25, 0.3) is 5.91 Å². The van der Waals surface area contributed by atoms with Crippen molar-refractivity contribution in [1.82, 2.24) is 39.8 Å². The number of halogens is 1. The molecule has 14 nitrogen and oxygen atoms in total. The second-order valence-electron chi connectivity index (χ2n) is 18.6. The van der Waals surface area contributed by atoms with Crippen LogP contribution >= 0.6 is 0 Å². The molecule has 1 aromatic heterocycles. The van der Waals surface area contributed by atoms with Crippen LogP contribution in [-0.4, -0.2) is 162 Å². The van der Waals surface area contributed by atoms with Crippen LogP contribution in [0.25, 0.3) is 16.8 Å². The standard InChI is InChI=1S/C51H63FN10O4/c1-35(53)48(38-7-3-2-4-8-38)49-54-44(33-46(55-49)61-26-24-60(25-27-61)28-29-63)39-9-5-6-36(30-39)12-15-58-19-22-59(23-20-58)21-18-57-16-13-37(14-17-57)41-31-40(52)32-42-43(41)34-62(51(42)66)45-10-11-47(64)56-50(45)65/h2-9,30-33,37,45,63H,10-29,34,53H2,1H3,(H,56,64,65). The Morgan fingerprint density at radius 3 is 2.15 bits per heavy atom. The van der Waals surface area contributed by atoms with Crippen LogP contribution in [0.3, 0.4) is 0 Å². The second-order valence-corrected chi connectivity index (χ2v) is 18.6. The number of allylic oxidation sites excluding steroid dienone is 1. The number of piperazine rings is 2. The van der Waals surface area contributed by atoms with Gasteiger partial charge in [-0.1, -0.05) is 48.5 Å². The van der Waals surface area contributed by atoms with E-state index in [4.69, 9.17) is 15.7 Å². The van der Waals surface area contributed by atoms with Gasteiger partial charge >= 0.3 is 0 Å². The molecule has 5 aliphatic rings. The lowest BCUT2D eigenvalue weighted by molar-refractivity contribution is -0.136. The fraction of sp³-hybridized carbons (Fsp3) is 0.471. The van der Waals surface area contributed by atoms with Crippen LogP contribution in [0.15, 0.2) is 78.5 Å². The number of aromatic nitrogens is 2. The molecule has 0 radical (unpaired) electrons. The number of nitrogens with zero attached hydrogens (tertiary/aromatic N) is 8. The van der Waals surface area contributed by atoms with E-state index >= 15 is 0 Å². The molecule has 3 aromatic carbocycles. The normalized spacial score (nSPS) is 21.0. The molecule has 0 spiro atoms. The van der Waals surface area contributed by atoms with E-state index in [-0.39, 0.29) is 43.7 Å². The van der Waals surface area contributed by atoms with E-state index < -0.39 is 17.8 Å². The summed E-state index contributed by atoms with van der Waals surface area (Å²) in [5, 5.41) is 11.9. The van der Waals surface area contributed by atoms with Crippen molar-refractivity contribution in [3.05, 3.63) is 118 Å². The predicted molar refractivity (Wildman–Crippen MR) is 253 cm³/mol. The Bertz CT molecular complexity index is 2420. The van der Waals surface area contributed by atoms with Crippen LogP contribution in [0.5, 0.6) is 0 Å². The number of hydrogen-bond acceptors (Lipinski definition) is 12. The molecule has 5 aliphatic heterocycles. The number of rotatable bonds is 14. The summed E-state index contributed by atoms with van der Waals surface area (Å²) in [6, 6.07) is 23.2. The number of benzene rings is 3. The lowest BCUT2D eigenvalue weighted by Gasteiger charge is -2.37. The fourth-order valence-corrected chi connectivity index (χ4v) is 10.5. The molecule has 0 aliphatic carbocycles. The van der Waals surface area contributed by atoms with Crippen molar-refractivity contribution < 1.29 is 23.9 Å². The molecule has 4 saturated heterocycles. The van der Waals surface area contributed by atoms with E-state index in [0.29, 0.717) is 23.6 Å². The number of nitrogens with two attached hydrogens (primary N) is 1. The Kier molecular flexibility index (Phi) is 14.2. The third-order valence-corrected chi connectivity index (χ3v) is 14.3. The Morgan fingerprint density at radius 2 is 1.45 bits per heavy atom. The molecular formula is C51H63FN10O4. The molecule has 0 saturated carbocycles. The van der Waals surface area contributed by atoms with E-state index in [1.54, 1.807) is 6.07 Å². The molecule has 6 heterocycles. The quantitative estimate of drug-likeness (QED) is 0.157. The topological polar surface area (TPSA) is 155 Å². The summed E-state index contributed by atoms with van der Waals surface area (Å²) >= 11 is 0. The highest BCUT2D eigenvalue weighted by Gasteiger charge is 2.41. The molecule has 3 amide bonds. The van der Waals surface area contributed by atoms with Gasteiger partial charge < -0.3 is 30.4 Å². The van der Waals surface area contributed by atoms with Crippen molar-refractivity contribution in [2.75, 3.05) is 103 Å². The number of carbonyl (C=O) groups excluding carboxylic acids is 3. The molecule has 1 unspecified atom stereocenters. The lowest BCUT2D eigenvalue weighted by atomic mass is 9.85. The first-order valence-electron chi connectivity index (χ1n) is 23.8. The Balaban J connectivity index is 0.771. The average Bonchev–Trinajstić information content (AvgIpc) is 3.65. The van der Waals surface area contributed by atoms with Gasteiger partial charge in [-0.3, -0.25) is 29.5 Å². The van der Waals surface area contributed by atoms with Gasteiger partial charge in [-0.05, 0) is 92.1 Å². The highest BCUT2D eigenvalue weighted by atomic mass is 19.1. The maximum atomic E-state index is 15.0. The zero-order valence-corrected chi connectivity index (χ0v) is 38.1. The van der Waals surface area contributed by atoms with Crippen molar-refractivity contribution in [3.63, 3.8) is 0 Å². The van der Waals surface area contributed by atoms with E-state index in [1.807, 2.05) is 25.1 Å². The summed E-state index contributed by atoms with van der Waals surface area (Å²) in [5.41, 5.74) is 14.3. The number of likely N-dealkylation sites (tertiary alicyclic amines) is 1. The minimum atomic E-state index is -0.713. The number of β-amino-alcohol motifs (C(OH)–C–C–N with tert-alkyl or cyclic N) is 1. The van der Waals surface area contributed by atoms with Gasteiger partial charge in [-0.25, -0.2) is 14.4 Å². The highest BCUT2D eigenvalue weighted by molar-refractivity contribution is 6.05. The maximum absolute atomic E-state index is 15.0. The summed E-state index contributed by atoms with van der Waals surface area (Å²) in [5.74, 6) is 0.124. The molecule has 4 fully saturated rings. The van der Waals surface area contributed by atoms with Gasteiger partial charge in [0.15, 0.2) is 5.82 Å². The summed E-state index contributed by atoms with van der Waals surface area (Å²) in [6.07, 6.45) is 3.19. The summed E-state index contributed by atoms with van der Waals surface area (Å²) in [4.78, 5) is 61.8. The minimum absolute atomic E-state index is 0.148. The van der Waals surface area contributed by atoms with Crippen LogP contribution in [0.1, 0.15) is 77.0 Å². The van der Waals surface area contributed by atoms with Gasteiger partial charge in [0, 0.05) is 120 Å². The van der Waals surface area contributed by atoms with Crippen LogP contribution in [-0.2, 0) is 22.6 Å². The number of fused-ring (bicyclic) bond motifs is 1. The molecule has 15 heteroatoms. The minimum Gasteiger partial charge on any atom is -0.402 e. The van der Waals surface area contributed by atoms with Crippen LogP contribution in [0, 0.1) is 5.82 Å². The van der Waals surface area contributed by atoms with Crippen LogP contribution < -0.4 is 16.0 Å². The van der Waals surface area contributed by atoms with E-state index in [1.165, 1.54) is 16.5 Å². The van der Waals surface area contributed by atoms with Crippen molar-refractivity contribution in [3.8, 4) is 11.3 Å². The first-order valence-corrected chi connectivity index (χ1v) is 23.8. The molecular weight excluding hydrogens is 836 g/mol. The molecule has 66 heavy (non-hydrogen) atoms. The van der Waals surface area contributed by atoms with Crippen molar-refractivity contribution in [2.45, 2.75) is 57.5 Å². The number of nitrogens with one attached hydrogen (secondary N) is 1. The van der Waals surface area contributed by atoms with Gasteiger partial charge in [-0.2, -0.15) is 0 Å². The van der Waals surface area contributed by atoms with E-state index in [0.717, 1.165) is 144 Å². The largest absolute Gasteiger partial charge is 0.402 e. The van der Waals surface area contributed by atoms with Gasteiger partial charge in [0.2, 0.25) is 11.8 Å². The van der Waals surface area contributed by atoms with Crippen LogP contribution in [0.2, 0.25) is 0 Å². The summed E-state index contributed by atoms with van der Waals surface area (Å²) in [7, 11) is 0. The SMILES string of the molecule is CC(N)=C(c1ccccc1)c1nc(-c2cccc(CCN3CCN(CCN4CCC(c5cc(F)cc6c5CN(C5CCC(=O)NC5=O)C6=O)CC4)CC3)c2)cc(N2CCN(CCO)CC2)n1. The average molecular weight is 899 g/mol. The molecule has 0 bridgehead atoms. The van der Waals surface area contributed by atoms with E-state index in [9.17, 15) is 23.9 Å². The first kappa shape index (κ1) is 45.6. The third kappa shape index (κ3) is 10.3. The molecule has 4 N–H and O–H groups in total. The molecule has 1 atom stereocenters. The van der Waals surface area contributed by atoms with Crippen LogP contribution in [0.4, 0.5) is 10.2 Å². The number of amides is 3. The van der Waals surface area contributed by atoms with Crippen molar-refractivity contribution in [2.24, 2.45) is 5.73 Å². The van der Waals surface area contributed by atoms with Crippen molar-refractivity contribution in [1.29, 1.82) is 0 Å². The summed E-state index contributed by atoms with van der Waals surface area (Å²) in [6.45, 7) is 15.3. The number of imide groups is 1. The summed E-state index contributed by atoms with van der Waals surface area (Å²) < 4.78 is 15.0. The van der Waals surface area contributed by atoms with Gasteiger partial charge in [0.05, 0.1) is 12.3 Å². The fourth-order valence-electron chi connectivity index (χ4n) is 10.5. The van der Waals surface area contributed by atoms with E-state index in [2.05, 4.69) is 72.3 Å². The predicted octanol–water partition coefficient (Wildman–Crippen LogP) is 3.94. The highest BCUT2D eigenvalue weighted by Crippen LogP contribution is 2.38. The number of carbonyl (C=O) groups is 3. The number of aliphatic hydroxyl groups excluding tert-OH is 1. The Morgan fingerprint density at radius 1 is 0.773 bits per heavy atom. The molecule has 4 aromatic rings. The third-order valence-electron chi connectivity index (χ3n) is 14.3. The Hall–Kier alpha value is -5.58.